The normalized spacial score (nSPS) is 10.8. The minimum absolute atomic E-state index is 0.109. The van der Waals surface area contributed by atoms with Crippen LogP contribution in [0.4, 0.5) is 6.01 Å². The van der Waals surface area contributed by atoms with Crippen molar-refractivity contribution in [3.05, 3.63) is 35.1 Å². The summed E-state index contributed by atoms with van der Waals surface area (Å²) in [6.07, 6.45) is 1.60. The number of anilines is 1. The van der Waals surface area contributed by atoms with Crippen molar-refractivity contribution in [2.24, 2.45) is 0 Å². The Labute approximate surface area is 134 Å². The Hall–Kier alpha value is -2.06. The molecule has 0 saturated heterocycles. The van der Waals surface area contributed by atoms with E-state index in [1.807, 2.05) is 31.4 Å². The van der Waals surface area contributed by atoms with Gasteiger partial charge >= 0.3 is 6.01 Å². The van der Waals surface area contributed by atoms with Gasteiger partial charge in [-0.2, -0.15) is 0 Å². The molecular formula is C14H13N3O3S2. The van der Waals surface area contributed by atoms with Crippen molar-refractivity contribution in [2.75, 3.05) is 11.1 Å². The number of thioether (sulfide) groups is 1. The Morgan fingerprint density at radius 2 is 2.23 bits per heavy atom. The van der Waals surface area contributed by atoms with Crippen molar-refractivity contribution < 1.29 is 13.6 Å². The summed E-state index contributed by atoms with van der Waals surface area (Å²) < 4.78 is 10.6. The first-order valence-corrected chi connectivity index (χ1v) is 8.34. The highest BCUT2D eigenvalue weighted by Crippen LogP contribution is 2.29. The van der Waals surface area contributed by atoms with Crippen molar-refractivity contribution in [1.82, 2.24) is 10.2 Å². The van der Waals surface area contributed by atoms with E-state index in [9.17, 15) is 4.79 Å². The van der Waals surface area contributed by atoms with Crippen LogP contribution in [0.1, 0.15) is 11.3 Å². The van der Waals surface area contributed by atoms with Crippen LogP contribution in [0.25, 0.3) is 10.8 Å². The quantitative estimate of drug-likeness (QED) is 0.715. The van der Waals surface area contributed by atoms with Crippen LogP contribution >= 0.6 is 23.1 Å². The van der Waals surface area contributed by atoms with Crippen molar-refractivity contribution in [3.63, 3.8) is 0 Å². The van der Waals surface area contributed by atoms with Crippen LogP contribution in [0.15, 0.2) is 37.5 Å². The highest BCUT2D eigenvalue weighted by molar-refractivity contribution is 8.00. The van der Waals surface area contributed by atoms with Gasteiger partial charge in [-0.15, -0.1) is 28.2 Å². The van der Waals surface area contributed by atoms with Crippen LogP contribution in [0, 0.1) is 13.8 Å². The van der Waals surface area contributed by atoms with E-state index in [1.54, 1.807) is 6.26 Å². The van der Waals surface area contributed by atoms with E-state index < -0.39 is 0 Å². The molecule has 3 heterocycles. The monoisotopic (exact) mass is 335 g/mol. The summed E-state index contributed by atoms with van der Waals surface area (Å²) in [5.74, 6) is 1.26. The average molecular weight is 335 g/mol. The Bertz CT molecular complexity index is 791. The largest absolute Gasteiger partial charge is 0.468 e. The molecule has 1 N–H and O–H groups in total. The van der Waals surface area contributed by atoms with E-state index >= 15 is 0 Å². The first-order valence-electron chi connectivity index (χ1n) is 6.48. The molecule has 0 aliphatic carbocycles. The molecule has 0 saturated carbocycles. The van der Waals surface area contributed by atoms with Gasteiger partial charge in [-0.05, 0) is 36.9 Å². The molecule has 3 rings (SSSR count). The number of aromatic nitrogens is 2. The van der Waals surface area contributed by atoms with Crippen LogP contribution in [0.3, 0.4) is 0 Å². The molecule has 0 aliphatic rings. The summed E-state index contributed by atoms with van der Waals surface area (Å²) in [4.78, 5) is 13.7. The molecule has 114 valence electrons. The molecule has 0 radical (unpaired) electrons. The summed E-state index contributed by atoms with van der Waals surface area (Å²) in [6.45, 7) is 3.83. The third kappa shape index (κ3) is 3.23. The van der Waals surface area contributed by atoms with Gasteiger partial charge in [-0.3, -0.25) is 10.1 Å². The topological polar surface area (TPSA) is 81.2 Å². The van der Waals surface area contributed by atoms with E-state index in [0.717, 1.165) is 21.1 Å². The van der Waals surface area contributed by atoms with Gasteiger partial charge in [0.05, 0.1) is 16.9 Å². The fraction of sp³-hybridized carbons (Fsp3) is 0.214. The van der Waals surface area contributed by atoms with Gasteiger partial charge in [0.1, 0.15) is 5.76 Å². The average Bonchev–Trinajstić information content (AvgIpc) is 3.19. The van der Waals surface area contributed by atoms with Gasteiger partial charge in [0, 0.05) is 4.90 Å². The van der Waals surface area contributed by atoms with Crippen molar-refractivity contribution in [1.29, 1.82) is 0 Å². The Kier molecular flexibility index (Phi) is 4.30. The minimum Gasteiger partial charge on any atom is -0.468 e. The van der Waals surface area contributed by atoms with E-state index in [1.165, 1.54) is 23.1 Å². The van der Waals surface area contributed by atoms with Gasteiger partial charge in [0.2, 0.25) is 5.91 Å². The predicted molar refractivity (Wildman–Crippen MR) is 85.1 cm³/mol. The summed E-state index contributed by atoms with van der Waals surface area (Å²) in [7, 11) is 0. The Morgan fingerprint density at radius 3 is 2.91 bits per heavy atom. The molecule has 0 atom stereocenters. The third-order valence-electron chi connectivity index (χ3n) is 2.90. The molecule has 0 aliphatic heterocycles. The lowest BCUT2D eigenvalue weighted by Crippen LogP contribution is -2.14. The van der Waals surface area contributed by atoms with Crippen LogP contribution in [0.5, 0.6) is 0 Å². The standard InChI is InChI=1S/C14H13N3O3S2/c1-8-4-6-21-12(8)13-16-17-14(20-13)15-11(18)7-22-10-3-5-19-9(10)2/h3-6H,7H2,1-2H3,(H,15,17,18). The smallest absolute Gasteiger partial charge is 0.322 e. The second kappa shape index (κ2) is 6.37. The maximum Gasteiger partial charge on any atom is 0.322 e. The lowest BCUT2D eigenvalue weighted by molar-refractivity contribution is -0.113. The molecule has 3 aromatic heterocycles. The fourth-order valence-corrected chi connectivity index (χ4v) is 3.39. The SMILES string of the molecule is Cc1ccsc1-c1nnc(NC(=O)CSc2ccoc2C)o1. The number of nitrogens with zero attached hydrogens (tertiary/aromatic N) is 2. The summed E-state index contributed by atoms with van der Waals surface area (Å²) in [6, 6.07) is 3.92. The lowest BCUT2D eigenvalue weighted by Gasteiger charge is -1.99. The number of carbonyl (C=O) groups excluding carboxylic acids is 1. The molecule has 8 heteroatoms. The number of furan rings is 1. The molecule has 0 aromatic carbocycles. The van der Waals surface area contributed by atoms with Crippen molar-refractivity contribution >= 4 is 35.0 Å². The minimum atomic E-state index is -0.205. The zero-order valence-corrected chi connectivity index (χ0v) is 13.6. The number of nitrogens with one attached hydrogen (secondary N) is 1. The molecule has 22 heavy (non-hydrogen) atoms. The zero-order valence-electron chi connectivity index (χ0n) is 12.0. The number of thiophene rings is 1. The molecule has 0 fully saturated rings. The number of carbonyl (C=O) groups is 1. The summed E-state index contributed by atoms with van der Waals surface area (Å²) in [5, 5.41) is 12.4. The van der Waals surface area contributed by atoms with Gasteiger partial charge < -0.3 is 8.83 Å². The van der Waals surface area contributed by atoms with E-state index in [-0.39, 0.29) is 17.7 Å². The second-order valence-corrected chi connectivity index (χ2v) is 6.46. The van der Waals surface area contributed by atoms with Crippen LogP contribution in [-0.2, 0) is 4.79 Å². The van der Waals surface area contributed by atoms with Crippen LogP contribution < -0.4 is 5.32 Å². The molecule has 1 amide bonds. The molecule has 0 spiro atoms. The van der Waals surface area contributed by atoms with Gasteiger partial charge in [0.15, 0.2) is 0 Å². The highest BCUT2D eigenvalue weighted by Gasteiger charge is 2.14. The molecule has 3 aromatic rings. The number of aryl methyl sites for hydroxylation is 2. The number of hydrogen-bond acceptors (Lipinski definition) is 7. The Balaban J connectivity index is 1.59. The van der Waals surface area contributed by atoms with E-state index in [2.05, 4.69) is 15.5 Å². The number of amides is 1. The van der Waals surface area contributed by atoms with Gasteiger partial charge in [-0.25, -0.2) is 0 Å². The van der Waals surface area contributed by atoms with Crippen LogP contribution in [0.2, 0.25) is 0 Å². The number of hydrogen-bond donors (Lipinski definition) is 1. The summed E-state index contributed by atoms with van der Waals surface area (Å²) in [5.41, 5.74) is 1.07. The molecular weight excluding hydrogens is 322 g/mol. The van der Waals surface area contributed by atoms with Crippen molar-refractivity contribution in [3.8, 4) is 10.8 Å². The second-order valence-electron chi connectivity index (χ2n) is 4.52. The maximum atomic E-state index is 11.9. The summed E-state index contributed by atoms with van der Waals surface area (Å²) >= 11 is 2.92. The maximum absolute atomic E-state index is 11.9. The zero-order chi connectivity index (χ0) is 15.5. The third-order valence-corrected chi connectivity index (χ3v) is 5.04. The highest BCUT2D eigenvalue weighted by atomic mass is 32.2. The first-order chi connectivity index (χ1) is 10.6. The van der Waals surface area contributed by atoms with E-state index in [4.69, 9.17) is 8.83 Å². The first kappa shape index (κ1) is 14.9. The van der Waals surface area contributed by atoms with Gasteiger partial charge in [0.25, 0.3) is 5.89 Å². The Morgan fingerprint density at radius 1 is 1.36 bits per heavy atom. The molecule has 0 unspecified atom stereocenters. The lowest BCUT2D eigenvalue weighted by atomic mass is 10.3. The fourth-order valence-electron chi connectivity index (χ4n) is 1.78. The van der Waals surface area contributed by atoms with Crippen molar-refractivity contribution in [2.45, 2.75) is 18.7 Å². The van der Waals surface area contributed by atoms with Gasteiger partial charge in [-0.1, -0.05) is 5.10 Å². The number of rotatable bonds is 5. The molecule has 6 nitrogen and oxygen atoms in total. The van der Waals surface area contributed by atoms with E-state index in [0.29, 0.717) is 5.89 Å². The molecule has 0 bridgehead atoms. The van der Waals surface area contributed by atoms with Crippen LogP contribution in [-0.4, -0.2) is 21.9 Å². The predicted octanol–water partition coefficient (Wildman–Crippen LogP) is 3.74.